The van der Waals surface area contributed by atoms with Gasteiger partial charge in [0.1, 0.15) is 24.1 Å². The predicted molar refractivity (Wildman–Crippen MR) is 75.7 cm³/mol. The van der Waals surface area contributed by atoms with Crippen molar-refractivity contribution >= 4 is 24.6 Å². The van der Waals surface area contributed by atoms with Gasteiger partial charge in [-0.15, -0.1) is 0 Å². The highest BCUT2D eigenvalue weighted by molar-refractivity contribution is 7.55. The van der Waals surface area contributed by atoms with Gasteiger partial charge in [0, 0.05) is 5.82 Å². The van der Waals surface area contributed by atoms with E-state index in [0.29, 0.717) is 5.82 Å². The fourth-order valence-corrected chi connectivity index (χ4v) is 2.69. The lowest BCUT2D eigenvalue weighted by Gasteiger charge is -2.14. The summed E-state index contributed by atoms with van der Waals surface area (Å²) in [7, 11) is -4.44. The Hall–Kier alpha value is -1.91. The molecular formula is C11H13FN5O5P. The molecule has 0 aliphatic carbocycles. The molecule has 1 fully saturated rings. The van der Waals surface area contributed by atoms with Crippen LogP contribution in [-0.2, 0) is 9.30 Å². The molecule has 4 atom stereocenters. The second kappa shape index (κ2) is 5.62. The van der Waals surface area contributed by atoms with E-state index in [9.17, 15) is 14.1 Å². The lowest BCUT2D eigenvalue weighted by atomic mass is 10.1. The number of alkyl halides is 1. The maximum Gasteiger partial charge on any atom is 0.348 e. The van der Waals surface area contributed by atoms with Gasteiger partial charge in [0.25, 0.3) is 0 Å². The molecule has 10 nitrogen and oxygen atoms in total. The Morgan fingerprint density at radius 3 is 2.83 bits per heavy atom. The number of hydrogen-bond acceptors (Lipinski definition) is 7. The van der Waals surface area contributed by atoms with Crippen molar-refractivity contribution in [3.63, 3.8) is 0 Å². The van der Waals surface area contributed by atoms with E-state index >= 15 is 0 Å². The van der Waals surface area contributed by atoms with E-state index in [0.717, 1.165) is 6.08 Å². The summed E-state index contributed by atoms with van der Waals surface area (Å²) in [5, 5.41) is 9.85. The number of imidazole rings is 1. The Bertz CT molecular complexity index is 807. The van der Waals surface area contributed by atoms with Gasteiger partial charge in [-0.25, -0.2) is 19.3 Å². The molecule has 0 saturated carbocycles. The summed E-state index contributed by atoms with van der Waals surface area (Å²) in [6, 6.07) is 0. The van der Waals surface area contributed by atoms with Crippen molar-refractivity contribution in [2.24, 2.45) is 0 Å². The first-order chi connectivity index (χ1) is 10.8. The number of fused-ring (bicyclic) bond motifs is 1. The number of aliphatic hydroxyl groups excluding tert-OH is 1. The molecule has 0 amide bonds. The zero-order chi connectivity index (χ0) is 16.8. The number of nitrogens with zero attached hydrogens (tertiary/aromatic N) is 4. The molecule has 5 N–H and O–H groups in total. The van der Waals surface area contributed by atoms with Crippen LogP contribution in [0.1, 0.15) is 6.23 Å². The third kappa shape index (κ3) is 2.96. The van der Waals surface area contributed by atoms with Gasteiger partial charge >= 0.3 is 7.60 Å². The molecule has 0 aromatic carbocycles. The zero-order valence-corrected chi connectivity index (χ0v) is 12.4. The molecule has 23 heavy (non-hydrogen) atoms. The number of ether oxygens (including phenoxy) is 1. The zero-order valence-electron chi connectivity index (χ0n) is 11.5. The molecule has 12 heteroatoms. The maximum absolute atomic E-state index is 14.3. The van der Waals surface area contributed by atoms with E-state index in [4.69, 9.17) is 20.3 Å². The Morgan fingerprint density at radius 1 is 1.39 bits per heavy atom. The van der Waals surface area contributed by atoms with Gasteiger partial charge in [-0.05, 0) is 6.08 Å². The Labute approximate surface area is 128 Å². The van der Waals surface area contributed by atoms with E-state index in [2.05, 4.69) is 15.0 Å². The molecule has 0 bridgehead atoms. The number of nitrogen functional groups attached to an aromatic ring is 1. The number of aromatic nitrogens is 4. The van der Waals surface area contributed by atoms with Crippen molar-refractivity contribution in [1.29, 1.82) is 0 Å². The minimum atomic E-state index is -4.44. The second-order valence-electron chi connectivity index (χ2n) is 4.94. The third-order valence-electron chi connectivity index (χ3n) is 3.36. The van der Waals surface area contributed by atoms with Crippen molar-refractivity contribution in [1.82, 2.24) is 19.5 Å². The maximum atomic E-state index is 14.3. The number of rotatable bonds is 3. The topological polar surface area (TPSA) is 157 Å². The number of anilines is 1. The Morgan fingerprint density at radius 2 is 2.13 bits per heavy atom. The van der Waals surface area contributed by atoms with Crippen molar-refractivity contribution < 1.29 is 28.6 Å². The minimum absolute atomic E-state index is 0.112. The highest BCUT2D eigenvalue weighted by Crippen LogP contribution is 2.39. The number of hydrogen-bond donors (Lipinski definition) is 4. The molecule has 4 unspecified atom stereocenters. The highest BCUT2D eigenvalue weighted by Gasteiger charge is 2.45. The number of nitrogens with two attached hydrogens (primary N) is 1. The normalized spacial score (nSPS) is 28.9. The van der Waals surface area contributed by atoms with Gasteiger partial charge < -0.3 is 25.4 Å². The van der Waals surface area contributed by atoms with Gasteiger partial charge in [0.2, 0.25) is 0 Å². The van der Waals surface area contributed by atoms with Gasteiger partial charge in [0.15, 0.2) is 23.9 Å². The lowest BCUT2D eigenvalue weighted by molar-refractivity contribution is -0.00168. The second-order valence-corrected chi connectivity index (χ2v) is 6.42. The van der Waals surface area contributed by atoms with Crippen LogP contribution in [0.25, 0.3) is 11.2 Å². The average Bonchev–Trinajstić information content (AvgIpc) is 3.01. The van der Waals surface area contributed by atoms with Gasteiger partial charge in [-0.1, -0.05) is 0 Å². The van der Waals surface area contributed by atoms with Crippen LogP contribution in [0.4, 0.5) is 10.2 Å². The number of halogens is 1. The molecule has 2 aromatic rings. The quantitative estimate of drug-likeness (QED) is 0.548. The van der Waals surface area contributed by atoms with Crippen molar-refractivity contribution in [2.45, 2.75) is 24.6 Å². The minimum Gasteiger partial charge on any atom is -0.387 e. The molecule has 0 radical (unpaired) electrons. The molecular weight excluding hydrogens is 332 g/mol. The molecule has 1 aliphatic rings. The van der Waals surface area contributed by atoms with E-state index in [1.807, 2.05) is 0 Å². The first-order valence-electron chi connectivity index (χ1n) is 6.43. The Balaban J connectivity index is 1.93. The van der Waals surface area contributed by atoms with Crippen molar-refractivity contribution in [3.8, 4) is 0 Å². The third-order valence-corrected chi connectivity index (χ3v) is 3.92. The van der Waals surface area contributed by atoms with E-state index < -0.39 is 32.2 Å². The van der Waals surface area contributed by atoms with E-state index in [1.54, 1.807) is 0 Å². The summed E-state index contributed by atoms with van der Waals surface area (Å²) in [6.07, 6.45) is -2.58. The smallest absolute Gasteiger partial charge is 0.348 e. The summed E-state index contributed by atoms with van der Waals surface area (Å²) in [6.45, 7) is 0. The van der Waals surface area contributed by atoms with E-state index in [1.165, 1.54) is 17.2 Å². The summed E-state index contributed by atoms with van der Waals surface area (Å²) in [5.41, 5.74) is 6.12. The molecule has 1 aliphatic heterocycles. The van der Waals surface area contributed by atoms with Gasteiger partial charge in [-0.2, -0.15) is 0 Å². The SMILES string of the molecule is Nc1ncnc2c1ncn2C1OC(C=CP(=O)(O)O)C(O)C1F. The molecule has 124 valence electrons. The first kappa shape index (κ1) is 16.0. The highest BCUT2D eigenvalue weighted by atomic mass is 31.2. The van der Waals surface area contributed by atoms with Crippen LogP contribution in [0.15, 0.2) is 24.5 Å². The first-order valence-corrected chi connectivity index (χ1v) is 8.11. The average molecular weight is 345 g/mol. The number of aliphatic hydroxyl groups is 1. The largest absolute Gasteiger partial charge is 0.387 e. The van der Waals surface area contributed by atoms with Crippen LogP contribution >= 0.6 is 7.60 Å². The van der Waals surface area contributed by atoms with Gasteiger partial charge in [-0.3, -0.25) is 9.13 Å². The van der Waals surface area contributed by atoms with E-state index in [-0.39, 0.29) is 17.0 Å². The summed E-state index contributed by atoms with van der Waals surface area (Å²) >= 11 is 0. The molecule has 3 heterocycles. The van der Waals surface area contributed by atoms with Crippen LogP contribution in [0, 0.1) is 0 Å². The molecule has 3 rings (SSSR count). The van der Waals surface area contributed by atoms with Crippen LogP contribution in [0.5, 0.6) is 0 Å². The monoisotopic (exact) mass is 345 g/mol. The summed E-state index contributed by atoms with van der Waals surface area (Å²) in [4.78, 5) is 29.3. The van der Waals surface area contributed by atoms with Crippen LogP contribution in [-0.4, -0.2) is 52.8 Å². The van der Waals surface area contributed by atoms with Crippen LogP contribution < -0.4 is 5.73 Å². The molecule has 1 saturated heterocycles. The van der Waals surface area contributed by atoms with Crippen molar-refractivity contribution in [3.05, 3.63) is 24.5 Å². The molecule has 0 spiro atoms. The predicted octanol–water partition coefficient (Wildman–Crippen LogP) is -0.304. The Kier molecular flexibility index (Phi) is 3.90. The van der Waals surface area contributed by atoms with Crippen molar-refractivity contribution in [2.75, 3.05) is 5.73 Å². The lowest BCUT2D eigenvalue weighted by Crippen LogP contribution is -2.27. The van der Waals surface area contributed by atoms with Crippen LogP contribution in [0.2, 0.25) is 0 Å². The summed E-state index contributed by atoms with van der Waals surface area (Å²) < 4.78 is 31.7. The fraction of sp³-hybridized carbons (Fsp3) is 0.364. The summed E-state index contributed by atoms with van der Waals surface area (Å²) in [5.74, 6) is 0.669. The van der Waals surface area contributed by atoms with Gasteiger partial charge in [0.05, 0.1) is 6.33 Å². The standard InChI is InChI=1S/C11H13FN5O5P/c12-6-8(18)5(1-2-23(19,20)21)22-11(6)17-4-16-7-9(13)14-3-15-10(7)17/h1-6,8,11,18H,(H2,13,14,15)(H2,19,20,21). The fourth-order valence-electron chi connectivity index (χ4n) is 2.30. The van der Waals surface area contributed by atoms with Crippen LogP contribution in [0.3, 0.4) is 0 Å². The molecule has 2 aromatic heterocycles.